The molecule has 0 spiro atoms. The third-order valence-electron chi connectivity index (χ3n) is 4.86. The molecule has 1 amide bonds. The fraction of sp³-hybridized carbons (Fsp3) is 0.450. The van der Waals surface area contributed by atoms with Crippen LogP contribution in [0, 0.1) is 12.3 Å². The van der Waals surface area contributed by atoms with Crippen LogP contribution in [0.5, 0.6) is 0 Å². The van der Waals surface area contributed by atoms with Gasteiger partial charge in [-0.3, -0.25) is 10.2 Å². The molecule has 1 aromatic heterocycles. The van der Waals surface area contributed by atoms with Gasteiger partial charge in [0.25, 0.3) is 0 Å². The van der Waals surface area contributed by atoms with Crippen LogP contribution in [0.25, 0.3) is 10.9 Å². The number of aromatic nitrogens is 1. The highest BCUT2D eigenvalue weighted by Gasteiger charge is 2.23. The Morgan fingerprint density at radius 2 is 2.07 bits per heavy atom. The molecule has 3 rings (SSSR count). The van der Waals surface area contributed by atoms with E-state index in [1.165, 1.54) is 6.92 Å². The molecule has 1 aliphatic heterocycles. The van der Waals surface area contributed by atoms with Gasteiger partial charge in [-0.25, -0.2) is 4.98 Å². The summed E-state index contributed by atoms with van der Waals surface area (Å²) in [6, 6.07) is 8.40. The Hall–Kier alpha value is -2.51. The second kappa shape index (κ2) is 8.45. The number of carbonyl (C=O) groups is 1. The number of anilines is 1. The zero-order chi connectivity index (χ0) is 19.4. The third kappa shape index (κ3) is 4.61. The van der Waals surface area contributed by atoms with Gasteiger partial charge in [-0.15, -0.1) is 0 Å². The zero-order valence-electron chi connectivity index (χ0n) is 15.9. The van der Waals surface area contributed by atoms with Crippen molar-refractivity contribution in [3.63, 3.8) is 0 Å². The Bertz CT molecular complexity index is 844. The van der Waals surface area contributed by atoms with Crippen molar-refractivity contribution in [1.82, 2.24) is 15.6 Å². The van der Waals surface area contributed by atoms with E-state index in [0.29, 0.717) is 18.2 Å². The van der Waals surface area contributed by atoms with Crippen molar-refractivity contribution in [2.75, 3.05) is 31.1 Å². The highest BCUT2D eigenvalue weighted by atomic mass is 16.3. The van der Waals surface area contributed by atoms with Gasteiger partial charge in [-0.2, -0.15) is 0 Å². The Morgan fingerprint density at radius 1 is 1.33 bits per heavy atom. The number of nitrogens with zero attached hydrogens (tertiary/aromatic N) is 2. The average Bonchev–Trinajstić information content (AvgIpc) is 2.65. The average molecular weight is 369 g/mol. The molecular formula is C20H27N5O2. The fourth-order valence-corrected chi connectivity index (χ4v) is 3.52. The first kappa shape index (κ1) is 19.3. The number of amidine groups is 1. The molecule has 0 unspecified atom stereocenters. The number of aliphatic hydroxyl groups excluding tert-OH is 1. The predicted octanol–water partition coefficient (Wildman–Crippen LogP) is 1.56. The van der Waals surface area contributed by atoms with E-state index in [1.807, 2.05) is 31.2 Å². The Morgan fingerprint density at radius 3 is 2.74 bits per heavy atom. The van der Waals surface area contributed by atoms with E-state index in [1.54, 1.807) is 0 Å². The molecule has 1 saturated heterocycles. The molecule has 1 fully saturated rings. The molecule has 7 heteroatoms. The quantitative estimate of drug-likeness (QED) is 0.473. The molecule has 1 aliphatic rings. The lowest BCUT2D eigenvalue weighted by Crippen LogP contribution is -2.44. The molecular weight excluding hydrogens is 342 g/mol. The third-order valence-corrected chi connectivity index (χ3v) is 4.86. The van der Waals surface area contributed by atoms with Crippen LogP contribution >= 0.6 is 0 Å². The summed E-state index contributed by atoms with van der Waals surface area (Å²) in [6.45, 7) is 5.81. The van der Waals surface area contributed by atoms with Crippen LogP contribution in [0.4, 0.5) is 5.82 Å². The van der Waals surface area contributed by atoms with Crippen molar-refractivity contribution in [3.05, 3.63) is 35.4 Å². The van der Waals surface area contributed by atoms with E-state index >= 15 is 0 Å². The van der Waals surface area contributed by atoms with E-state index in [0.717, 1.165) is 48.2 Å². The van der Waals surface area contributed by atoms with Crippen LogP contribution in [0.3, 0.4) is 0 Å². The van der Waals surface area contributed by atoms with E-state index in [2.05, 4.69) is 15.5 Å². The molecule has 0 atom stereocenters. The molecule has 7 nitrogen and oxygen atoms in total. The maximum absolute atomic E-state index is 11.5. The molecule has 2 heterocycles. The number of hydrogen-bond donors (Lipinski definition) is 4. The maximum atomic E-state index is 11.5. The van der Waals surface area contributed by atoms with Gasteiger partial charge in [-0.05, 0) is 38.0 Å². The molecule has 0 aliphatic carbocycles. The maximum Gasteiger partial charge on any atom is 0.222 e. The van der Waals surface area contributed by atoms with Crippen molar-refractivity contribution in [3.8, 4) is 0 Å². The lowest BCUT2D eigenvalue weighted by molar-refractivity contribution is -0.117. The van der Waals surface area contributed by atoms with Gasteiger partial charge in [0.2, 0.25) is 5.91 Å². The van der Waals surface area contributed by atoms with Crippen molar-refractivity contribution < 1.29 is 9.90 Å². The number of aryl methyl sites for hydroxylation is 1. The Balaban J connectivity index is 1.91. The van der Waals surface area contributed by atoms with Crippen LogP contribution in [0.2, 0.25) is 0 Å². The number of aliphatic hydroxyl groups is 1. The van der Waals surface area contributed by atoms with Gasteiger partial charge >= 0.3 is 0 Å². The lowest BCUT2D eigenvalue weighted by Gasteiger charge is -2.34. The highest BCUT2D eigenvalue weighted by molar-refractivity contribution is 6.10. The topological polar surface area (TPSA) is 101 Å². The minimum absolute atomic E-state index is 0.0777. The van der Waals surface area contributed by atoms with Crippen LogP contribution < -0.4 is 15.5 Å². The Labute approximate surface area is 159 Å². The van der Waals surface area contributed by atoms with E-state index in [9.17, 15) is 4.79 Å². The number of fused-ring (bicyclic) bond motifs is 1. The molecule has 0 saturated carbocycles. The number of benzene rings is 1. The summed E-state index contributed by atoms with van der Waals surface area (Å²) < 4.78 is 0. The molecule has 0 radical (unpaired) electrons. The van der Waals surface area contributed by atoms with Crippen molar-refractivity contribution in [2.24, 2.45) is 0 Å². The van der Waals surface area contributed by atoms with Crippen molar-refractivity contribution in [2.45, 2.75) is 32.7 Å². The van der Waals surface area contributed by atoms with Crippen LogP contribution in [-0.2, 0) is 4.79 Å². The number of piperidine rings is 1. The minimum Gasteiger partial charge on any atom is -0.395 e. The summed E-state index contributed by atoms with van der Waals surface area (Å²) >= 11 is 0. The van der Waals surface area contributed by atoms with Gasteiger partial charge in [0.15, 0.2) is 0 Å². The monoisotopic (exact) mass is 369 g/mol. The summed E-state index contributed by atoms with van der Waals surface area (Å²) in [5, 5.41) is 24.2. The van der Waals surface area contributed by atoms with Crippen molar-refractivity contribution in [1.29, 1.82) is 5.41 Å². The van der Waals surface area contributed by atoms with E-state index in [4.69, 9.17) is 15.5 Å². The first-order chi connectivity index (χ1) is 13.0. The summed E-state index contributed by atoms with van der Waals surface area (Å²) in [4.78, 5) is 18.5. The smallest absolute Gasteiger partial charge is 0.222 e. The zero-order valence-corrected chi connectivity index (χ0v) is 15.9. The molecule has 27 heavy (non-hydrogen) atoms. The molecule has 4 N–H and O–H groups in total. The van der Waals surface area contributed by atoms with Gasteiger partial charge in [0.1, 0.15) is 11.7 Å². The first-order valence-corrected chi connectivity index (χ1v) is 9.35. The SMILES string of the molecule is CC(=O)NC(=N)c1cc2cc(C)ccc2nc1N1CCC(NCCO)CC1. The molecule has 0 bridgehead atoms. The van der Waals surface area contributed by atoms with Gasteiger partial charge in [0, 0.05) is 38.0 Å². The number of carbonyl (C=O) groups excluding carboxylic acids is 1. The highest BCUT2D eigenvalue weighted by Crippen LogP contribution is 2.27. The summed E-state index contributed by atoms with van der Waals surface area (Å²) in [5.74, 6) is 0.557. The standard InChI is InChI=1S/C20H27N5O2/c1-13-3-4-18-15(11-13)12-17(19(21)23-14(2)27)20(24-18)25-8-5-16(6-9-25)22-7-10-26/h3-4,11-12,16,22,26H,5-10H2,1-2H3,(H2,21,23,27). The van der Waals surface area contributed by atoms with E-state index < -0.39 is 0 Å². The number of hydrogen-bond acceptors (Lipinski definition) is 6. The summed E-state index contributed by atoms with van der Waals surface area (Å²) in [7, 11) is 0. The number of amides is 1. The van der Waals surface area contributed by atoms with Crippen LogP contribution in [0.15, 0.2) is 24.3 Å². The fourth-order valence-electron chi connectivity index (χ4n) is 3.52. The number of rotatable bonds is 5. The second-order valence-corrected chi connectivity index (χ2v) is 7.05. The van der Waals surface area contributed by atoms with Crippen LogP contribution in [-0.4, -0.2) is 54.1 Å². The summed E-state index contributed by atoms with van der Waals surface area (Å²) in [6.07, 6.45) is 1.89. The van der Waals surface area contributed by atoms with E-state index in [-0.39, 0.29) is 18.3 Å². The van der Waals surface area contributed by atoms with Gasteiger partial charge < -0.3 is 20.6 Å². The van der Waals surface area contributed by atoms with Gasteiger partial charge in [0.05, 0.1) is 17.7 Å². The van der Waals surface area contributed by atoms with Crippen LogP contribution in [0.1, 0.15) is 30.9 Å². The second-order valence-electron chi connectivity index (χ2n) is 7.05. The lowest BCUT2D eigenvalue weighted by atomic mass is 10.0. The predicted molar refractivity (Wildman–Crippen MR) is 107 cm³/mol. The number of nitrogens with one attached hydrogen (secondary N) is 3. The summed E-state index contributed by atoms with van der Waals surface area (Å²) in [5.41, 5.74) is 2.66. The molecule has 2 aromatic rings. The minimum atomic E-state index is -0.262. The van der Waals surface area contributed by atoms with Gasteiger partial charge in [-0.1, -0.05) is 11.6 Å². The molecule has 144 valence electrons. The molecule has 1 aromatic carbocycles. The largest absolute Gasteiger partial charge is 0.395 e. The number of pyridine rings is 1. The normalized spacial score (nSPS) is 15.1. The van der Waals surface area contributed by atoms with Crippen molar-refractivity contribution >= 4 is 28.5 Å². The first-order valence-electron chi connectivity index (χ1n) is 9.35. The Kier molecular flexibility index (Phi) is 6.03.